The van der Waals surface area contributed by atoms with Gasteiger partial charge in [-0.3, -0.25) is 4.79 Å². The van der Waals surface area contributed by atoms with Crippen molar-refractivity contribution >= 4 is 34.1 Å². The quantitative estimate of drug-likeness (QED) is 0.471. The first-order valence-corrected chi connectivity index (χ1v) is 9.77. The highest BCUT2D eigenvalue weighted by Gasteiger charge is 2.33. The molecule has 6 nitrogen and oxygen atoms in total. The number of benzene rings is 3. The summed E-state index contributed by atoms with van der Waals surface area (Å²) in [4.78, 5) is 12.3. The van der Waals surface area contributed by atoms with Gasteiger partial charge in [0, 0.05) is 5.39 Å². The molecule has 0 aliphatic carbocycles. The van der Waals surface area contributed by atoms with Gasteiger partial charge < -0.3 is 5.32 Å². The molecule has 0 atom stereocenters. The standard InChI is InChI=1S/C20H14F3N5OS/c21-20(22,23)15-9-3-4-10-16(15)24-18(29)12-30-19-25-26-27-28(19)17-11-5-7-13-6-1-2-8-14(13)17/h1-11H,12H2,(H,24,29). The summed E-state index contributed by atoms with van der Waals surface area (Å²) < 4.78 is 40.8. The fourth-order valence-electron chi connectivity index (χ4n) is 2.97. The summed E-state index contributed by atoms with van der Waals surface area (Å²) >= 11 is 1.03. The molecule has 0 saturated heterocycles. The maximum Gasteiger partial charge on any atom is 0.418 e. The first-order chi connectivity index (χ1) is 14.4. The molecule has 1 heterocycles. The number of fused-ring (bicyclic) bond motifs is 1. The topological polar surface area (TPSA) is 72.7 Å². The molecule has 0 spiro atoms. The summed E-state index contributed by atoms with van der Waals surface area (Å²) in [7, 11) is 0. The smallest absolute Gasteiger partial charge is 0.325 e. The SMILES string of the molecule is O=C(CSc1nnnn1-c1cccc2ccccc12)Nc1ccccc1C(F)(F)F. The van der Waals surface area contributed by atoms with Gasteiger partial charge in [0.15, 0.2) is 0 Å². The minimum absolute atomic E-state index is 0.155. The largest absolute Gasteiger partial charge is 0.418 e. The van der Waals surface area contributed by atoms with E-state index < -0.39 is 17.6 Å². The lowest BCUT2D eigenvalue weighted by Gasteiger charge is -2.13. The Morgan fingerprint density at radius 3 is 2.57 bits per heavy atom. The Kier molecular flexibility index (Phi) is 5.40. The second kappa shape index (κ2) is 8.15. The lowest BCUT2D eigenvalue weighted by molar-refractivity contribution is -0.137. The highest BCUT2D eigenvalue weighted by Crippen LogP contribution is 2.34. The summed E-state index contributed by atoms with van der Waals surface area (Å²) in [5.41, 5.74) is -0.448. The van der Waals surface area contributed by atoms with Crippen LogP contribution in [0.25, 0.3) is 16.5 Å². The number of para-hydroxylation sites is 1. The van der Waals surface area contributed by atoms with Crippen molar-refractivity contribution in [1.82, 2.24) is 20.2 Å². The Hall–Kier alpha value is -3.40. The van der Waals surface area contributed by atoms with Crippen LogP contribution in [0.3, 0.4) is 0 Å². The molecular formula is C20H14F3N5OS. The van der Waals surface area contributed by atoms with Gasteiger partial charge in [-0.05, 0) is 34.0 Å². The average Bonchev–Trinajstić information content (AvgIpc) is 3.20. The Morgan fingerprint density at radius 2 is 1.73 bits per heavy atom. The molecule has 4 aromatic rings. The van der Waals surface area contributed by atoms with E-state index in [4.69, 9.17) is 0 Å². The lowest BCUT2D eigenvalue weighted by atomic mass is 10.1. The number of thioether (sulfide) groups is 1. The van der Waals surface area contributed by atoms with Crippen molar-refractivity contribution in [2.75, 3.05) is 11.1 Å². The van der Waals surface area contributed by atoms with Crippen molar-refractivity contribution in [2.24, 2.45) is 0 Å². The van der Waals surface area contributed by atoms with Crippen LogP contribution in [0.5, 0.6) is 0 Å². The van der Waals surface area contributed by atoms with Crippen LogP contribution in [0.4, 0.5) is 18.9 Å². The molecule has 30 heavy (non-hydrogen) atoms. The predicted molar refractivity (Wildman–Crippen MR) is 107 cm³/mol. The number of tetrazole rings is 1. The third-order valence-electron chi connectivity index (χ3n) is 4.27. The zero-order valence-electron chi connectivity index (χ0n) is 15.3. The van der Waals surface area contributed by atoms with Crippen LogP contribution < -0.4 is 5.32 Å². The summed E-state index contributed by atoms with van der Waals surface area (Å²) in [6.07, 6.45) is -4.56. The van der Waals surface area contributed by atoms with Crippen LogP contribution in [-0.2, 0) is 11.0 Å². The van der Waals surface area contributed by atoms with Gasteiger partial charge >= 0.3 is 6.18 Å². The maximum absolute atomic E-state index is 13.1. The van der Waals surface area contributed by atoms with E-state index >= 15 is 0 Å². The summed E-state index contributed by atoms with van der Waals surface area (Å²) in [6.45, 7) is 0. The highest BCUT2D eigenvalue weighted by atomic mass is 32.2. The van der Waals surface area contributed by atoms with E-state index in [1.54, 1.807) is 0 Å². The summed E-state index contributed by atoms with van der Waals surface area (Å²) in [6, 6.07) is 18.2. The first kappa shape index (κ1) is 19.9. The summed E-state index contributed by atoms with van der Waals surface area (Å²) in [5, 5.41) is 16.2. The Morgan fingerprint density at radius 1 is 1.00 bits per heavy atom. The van der Waals surface area contributed by atoms with Gasteiger partial charge in [0.1, 0.15) is 0 Å². The third kappa shape index (κ3) is 4.13. The van der Waals surface area contributed by atoms with Gasteiger partial charge in [0.05, 0.1) is 22.7 Å². The van der Waals surface area contributed by atoms with Crippen molar-refractivity contribution in [3.63, 3.8) is 0 Å². The molecule has 1 N–H and O–H groups in total. The van der Waals surface area contributed by atoms with E-state index in [-0.39, 0.29) is 11.4 Å². The predicted octanol–water partition coefficient (Wildman–Crippen LogP) is 4.57. The number of nitrogens with one attached hydrogen (secondary N) is 1. The number of aromatic nitrogens is 4. The van der Waals surface area contributed by atoms with Gasteiger partial charge in [-0.15, -0.1) is 5.10 Å². The first-order valence-electron chi connectivity index (χ1n) is 8.79. The molecule has 0 fully saturated rings. The van der Waals surface area contributed by atoms with Crippen LogP contribution in [0.15, 0.2) is 71.9 Å². The van der Waals surface area contributed by atoms with E-state index in [1.807, 2.05) is 42.5 Å². The Balaban J connectivity index is 1.51. The second-order valence-corrected chi connectivity index (χ2v) is 7.19. The zero-order valence-corrected chi connectivity index (χ0v) is 16.1. The molecule has 0 aliphatic heterocycles. The number of alkyl halides is 3. The molecule has 0 aliphatic rings. The second-order valence-electron chi connectivity index (χ2n) is 6.25. The maximum atomic E-state index is 13.1. The molecule has 152 valence electrons. The molecule has 0 saturated carbocycles. The van der Waals surface area contributed by atoms with E-state index in [9.17, 15) is 18.0 Å². The molecule has 1 aromatic heterocycles. The Labute approximate surface area is 173 Å². The fraction of sp³-hybridized carbons (Fsp3) is 0.100. The van der Waals surface area contributed by atoms with Gasteiger partial charge in [-0.25, -0.2) is 0 Å². The number of hydrogen-bond donors (Lipinski definition) is 1. The van der Waals surface area contributed by atoms with Gasteiger partial charge in [-0.1, -0.05) is 60.3 Å². The van der Waals surface area contributed by atoms with Crippen LogP contribution in [0.1, 0.15) is 5.56 Å². The fourth-order valence-corrected chi connectivity index (χ4v) is 3.65. The van der Waals surface area contributed by atoms with Crippen molar-refractivity contribution in [1.29, 1.82) is 0 Å². The monoisotopic (exact) mass is 429 g/mol. The minimum Gasteiger partial charge on any atom is -0.325 e. The number of rotatable bonds is 5. The number of hydrogen-bond acceptors (Lipinski definition) is 5. The van der Waals surface area contributed by atoms with E-state index in [0.29, 0.717) is 5.16 Å². The number of carbonyl (C=O) groups excluding carboxylic acids is 1. The van der Waals surface area contributed by atoms with Crippen LogP contribution in [0, 0.1) is 0 Å². The van der Waals surface area contributed by atoms with Crippen LogP contribution in [0.2, 0.25) is 0 Å². The number of carbonyl (C=O) groups is 1. The van der Waals surface area contributed by atoms with Gasteiger partial charge in [0.25, 0.3) is 0 Å². The number of halogens is 3. The number of amides is 1. The highest BCUT2D eigenvalue weighted by molar-refractivity contribution is 7.99. The van der Waals surface area contributed by atoms with E-state index in [2.05, 4.69) is 20.8 Å². The molecular weight excluding hydrogens is 415 g/mol. The van der Waals surface area contributed by atoms with E-state index in [1.165, 1.54) is 22.9 Å². The van der Waals surface area contributed by atoms with Gasteiger partial charge in [-0.2, -0.15) is 17.9 Å². The van der Waals surface area contributed by atoms with Crippen LogP contribution >= 0.6 is 11.8 Å². The molecule has 0 radical (unpaired) electrons. The van der Waals surface area contributed by atoms with Crippen molar-refractivity contribution in [3.05, 3.63) is 72.3 Å². The molecule has 1 amide bonds. The van der Waals surface area contributed by atoms with Crippen molar-refractivity contribution < 1.29 is 18.0 Å². The normalized spacial score (nSPS) is 11.6. The number of nitrogens with zero attached hydrogens (tertiary/aromatic N) is 4. The molecule has 4 rings (SSSR count). The lowest BCUT2D eigenvalue weighted by Crippen LogP contribution is -2.18. The third-order valence-corrected chi connectivity index (χ3v) is 5.19. The molecule has 10 heteroatoms. The van der Waals surface area contributed by atoms with Crippen molar-refractivity contribution in [3.8, 4) is 5.69 Å². The minimum atomic E-state index is -4.56. The number of anilines is 1. The van der Waals surface area contributed by atoms with E-state index in [0.717, 1.165) is 34.3 Å². The van der Waals surface area contributed by atoms with Crippen molar-refractivity contribution in [2.45, 2.75) is 11.3 Å². The van der Waals surface area contributed by atoms with Crippen LogP contribution in [-0.4, -0.2) is 31.9 Å². The summed E-state index contributed by atoms with van der Waals surface area (Å²) in [5.74, 6) is -0.749. The molecule has 0 unspecified atom stereocenters. The molecule has 3 aromatic carbocycles. The molecule has 0 bridgehead atoms. The zero-order chi connectivity index (χ0) is 21.1. The Bertz CT molecular complexity index is 1200. The van der Waals surface area contributed by atoms with Gasteiger partial charge in [0.2, 0.25) is 11.1 Å². The average molecular weight is 429 g/mol.